The minimum Gasteiger partial charge on any atom is -0.497 e. The summed E-state index contributed by atoms with van der Waals surface area (Å²) >= 11 is 0. The minimum absolute atomic E-state index is 0.121. The number of ether oxygens (including phenoxy) is 3. The first kappa shape index (κ1) is 17.6. The van der Waals surface area contributed by atoms with Crippen LogP contribution in [0.15, 0.2) is 36.4 Å². The normalized spacial score (nSPS) is 12.6. The molecule has 0 atom stereocenters. The second kappa shape index (κ2) is 7.77. The van der Waals surface area contributed by atoms with Gasteiger partial charge in [-0.3, -0.25) is 9.59 Å². The lowest BCUT2D eigenvalue weighted by molar-refractivity contribution is -0.118. The number of hydrogen-bond acceptors (Lipinski definition) is 5. The number of hydrogen-bond donors (Lipinski definition) is 2. The van der Waals surface area contributed by atoms with E-state index in [0.717, 1.165) is 5.56 Å². The van der Waals surface area contributed by atoms with Crippen LogP contribution in [-0.2, 0) is 11.2 Å². The van der Waals surface area contributed by atoms with Crippen molar-refractivity contribution in [2.24, 2.45) is 0 Å². The third-order valence-corrected chi connectivity index (χ3v) is 4.08. The van der Waals surface area contributed by atoms with Gasteiger partial charge < -0.3 is 24.8 Å². The molecule has 3 rings (SSSR count). The average molecular weight is 356 g/mol. The molecule has 1 aliphatic rings. The van der Waals surface area contributed by atoms with Crippen molar-refractivity contribution < 1.29 is 23.8 Å². The van der Waals surface area contributed by atoms with E-state index in [4.69, 9.17) is 14.2 Å². The summed E-state index contributed by atoms with van der Waals surface area (Å²) in [5, 5.41) is 5.54. The van der Waals surface area contributed by atoms with Crippen LogP contribution in [0.25, 0.3) is 0 Å². The molecule has 2 N–H and O–H groups in total. The molecule has 2 aromatic rings. The fourth-order valence-electron chi connectivity index (χ4n) is 2.80. The van der Waals surface area contributed by atoms with Gasteiger partial charge in [0.1, 0.15) is 17.2 Å². The fraction of sp³-hybridized carbons (Fsp3) is 0.263. The predicted molar refractivity (Wildman–Crippen MR) is 96.1 cm³/mol. The van der Waals surface area contributed by atoms with Gasteiger partial charge in [0.05, 0.1) is 19.9 Å². The van der Waals surface area contributed by atoms with Crippen molar-refractivity contribution in [3.05, 3.63) is 47.5 Å². The molecule has 26 heavy (non-hydrogen) atoms. The van der Waals surface area contributed by atoms with E-state index in [1.807, 2.05) is 0 Å². The molecule has 0 saturated carbocycles. The summed E-state index contributed by atoms with van der Waals surface area (Å²) in [7, 11) is 3.07. The van der Waals surface area contributed by atoms with Crippen molar-refractivity contribution >= 4 is 17.5 Å². The number of carbonyl (C=O) groups is 2. The van der Waals surface area contributed by atoms with Gasteiger partial charge in [-0.1, -0.05) is 6.07 Å². The van der Waals surface area contributed by atoms with Gasteiger partial charge in [0, 0.05) is 23.7 Å². The Labute approximate surface area is 151 Å². The van der Waals surface area contributed by atoms with Crippen molar-refractivity contribution in [2.75, 3.05) is 32.7 Å². The third-order valence-electron chi connectivity index (χ3n) is 4.08. The van der Waals surface area contributed by atoms with Crippen molar-refractivity contribution in [1.82, 2.24) is 5.32 Å². The average Bonchev–Trinajstić information content (AvgIpc) is 2.67. The number of anilines is 1. The highest BCUT2D eigenvalue weighted by Gasteiger charge is 2.20. The van der Waals surface area contributed by atoms with Gasteiger partial charge in [0.2, 0.25) is 0 Å². The molecule has 2 aromatic carbocycles. The SMILES string of the molecule is COc1ccc(NC(=O)COc2cccc3c2CCNC3=O)c(OC)c1. The van der Waals surface area contributed by atoms with Crippen molar-refractivity contribution in [3.8, 4) is 17.2 Å². The quantitative estimate of drug-likeness (QED) is 0.827. The Morgan fingerprint density at radius 3 is 2.77 bits per heavy atom. The molecule has 0 unspecified atom stereocenters. The van der Waals surface area contributed by atoms with E-state index < -0.39 is 0 Å². The van der Waals surface area contributed by atoms with Crippen LogP contribution in [0.5, 0.6) is 17.2 Å². The van der Waals surface area contributed by atoms with E-state index in [2.05, 4.69) is 10.6 Å². The second-order valence-electron chi connectivity index (χ2n) is 5.69. The number of rotatable bonds is 6. The molecule has 7 nitrogen and oxygen atoms in total. The van der Waals surface area contributed by atoms with E-state index in [9.17, 15) is 9.59 Å². The molecule has 0 aliphatic carbocycles. The van der Waals surface area contributed by atoms with E-state index in [1.54, 1.807) is 43.5 Å². The Hall–Kier alpha value is -3.22. The number of benzene rings is 2. The molecule has 0 fully saturated rings. The zero-order valence-corrected chi connectivity index (χ0v) is 14.6. The molecule has 0 bridgehead atoms. The van der Waals surface area contributed by atoms with E-state index in [0.29, 0.717) is 41.5 Å². The Balaban J connectivity index is 1.67. The summed E-state index contributed by atoms with van der Waals surface area (Å²) in [6.45, 7) is 0.384. The Bertz CT molecular complexity index is 835. The second-order valence-corrected chi connectivity index (χ2v) is 5.69. The highest BCUT2D eigenvalue weighted by Crippen LogP contribution is 2.29. The first-order chi connectivity index (χ1) is 12.6. The van der Waals surface area contributed by atoms with Crippen LogP contribution in [0.4, 0.5) is 5.69 Å². The van der Waals surface area contributed by atoms with Crippen LogP contribution < -0.4 is 24.8 Å². The minimum atomic E-state index is -0.327. The summed E-state index contributed by atoms with van der Waals surface area (Å²) in [6, 6.07) is 10.4. The summed E-state index contributed by atoms with van der Waals surface area (Å²) in [6.07, 6.45) is 0.672. The summed E-state index contributed by atoms with van der Waals surface area (Å²) in [4.78, 5) is 24.1. The molecular formula is C19H20N2O5. The molecule has 0 aromatic heterocycles. The fourth-order valence-corrected chi connectivity index (χ4v) is 2.80. The topological polar surface area (TPSA) is 85.9 Å². The zero-order valence-electron chi connectivity index (χ0n) is 14.6. The number of carbonyl (C=O) groups excluding carboxylic acids is 2. The first-order valence-electron chi connectivity index (χ1n) is 8.17. The third kappa shape index (κ3) is 3.72. The number of amides is 2. The Kier molecular flexibility index (Phi) is 5.26. The van der Waals surface area contributed by atoms with Crippen LogP contribution in [0.2, 0.25) is 0 Å². The van der Waals surface area contributed by atoms with Crippen molar-refractivity contribution in [3.63, 3.8) is 0 Å². The molecule has 0 spiro atoms. The van der Waals surface area contributed by atoms with Crippen LogP contribution in [-0.4, -0.2) is 39.2 Å². The van der Waals surface area contributed by atoms with Crippen LogP contribution >= 0.6 is 0 Å². The van der Waals surface area contributed by atoms with Gasteiger partial charge >= 0.3 is 0 Å². The lowest BCUT2D eigenvalue weighted by Crippen LogP contribution is -2.32. The number of methoxy groups -OCH3 is 2. The molecule has 1 aliphatic heterocycles. The van der Waals surface area contributed by atoms with Gasteiger partial charge in [-0.15, -0.1) is 0 Å². The van der Waals surface area contributed by atoms with E-state index >= 15 is 0 Å². The van der Waals surface area contributed by atoms with Crippen molar-refractivity contribution in [2.45, 2.75) is 6.42 Å². The molecule has 7 heteroatoms. The Morgan fingerprint density at radius 1 is 1.15 bits per heavy atom. The van der Waals surface area contributed by atoms with E-state index in [1.165, 1.54) is 7.11 Å². The summed E-state index contributed by atoms with van der Waals surface area (Å²) in [5.41, 5.74) is 1.94. The van der Waals surface area contributed by atoms with Gasteiger partial charge in [-0.2, -0.15) is 0 Å². The maximum absolute atomic E-state index is 12.2. The molecule has 2 amide bonds. The number of nitrogens with one attached hydrogen (secondary N) is 2. The van der Waals surface area contributed by atoms with E-state index in [-0.39, 0.29) is 18.4 Å². The van der Waals surface area contributed by atoms with Gasteiger partial charge in [0.15, 0.2) is 6.61 Å². The lowest BCUT2D eigenvalue weighted by atomic mass is 9.99. The highest BCUT2D eigenvalue weighted by molar-refractivity contribution is 5.97. The molecule has 0 radical (unpaired) electrons. The molecule has 1 heterocycles. The van der Waals surface area contributed by atoms with Gasteiger partial charge in [-0.05, 0) is 30.7 Å². The van der Waals surface area contributed by atoms with Crippen LogP contribution in [0, 0.1) is 0 Å². The predicted octanol–water partition coefficient (Wildman–Crippen LogP) is 2.01. The zero-order chi connectivity index (χ0) is 18.5. The van der Waals surface area contributed by atoms with Crippen LogP contribution in [0.1, 0.15) is 15.9 Å². The standard InChI is InChI=1S/C19H20N2O5/c1-24-12-6-7-15(17(10-12)25-2)21-18(22)11-26-16-5-3-4-14-13(16)8-9-20-19(14)23/h3-7,10H,8-9,11H2,1-2H3,(H,20,23)(H,21,22). The lowest BCUT2D eigenvalue weighted by Gasteiger charge is -2.19. The summed E-state index contributed by atoms with van der Waals surface area (Å²) < 4.78 is 16.0. The maximum Gasteiger partial charge on any atom is 0.262 e. The van der Waals surface area contributed by atoms with Crippen LogP contribution in [0.3, 0.4) is 0 Å². The highest BCUT2D eigenvalue weighted by atomic mass is 16.5. The van der Waals surface area contributed by atoms with Gasteiger partial charge in [0.25, 0.3) is 11.8 Å². The van der Waals surface area contributed by atoms with Crippen molar-refractivity contribution in [1.29, 1.82) is 0 Å². The largest absolute Gasteiger partial charge is 0.497 e. The molecular weight excluding hydrogens is 336 g/mol. The molecule has 136 valence electrons. The monoisotopic (exact) mass is 356 g/mol. The summed E-state index contributed by atoms with van der Waals surface area (Å²) in [5.74, 6) is 1.22. The van der Waals surface area contributed by atoms with Gasteiger partial charge in [-0.25, -0.2) is 0 Å². The number of fused-ring (bicyclic) bond motifs is 1. The smallest absolute Gasteiger partial charge is 0.262 e. The first-order valence-corrected chi connectivity index (χ1v) is 8.17. The Morgan fingerprint density at radius 2 is 2.00 bits per heavy atom. The molecule has 0 saturated heterocycles. The maximum atomic E-state index is 12.2.